The molecular weight excluding hydrogens is 358 g/mol. The molecule has 0 radical (unpaired) electrons. The van der Waals surface area contributed by atoms with E-state index < -0.39 is 10.0 Å². The lowest BCUT2D eigenvalue weighted by atomic mass is 10.0. The van der Waals surface area contributed by atoms with Gasteiger partial charge in [-0.05, 0) is 49.9 Å². The van der Waals surface area contributed by atoms with Crippen molar-refractivity contribution < 1.29 is 13.2 Å². The summed E-state index contributed by atoms with van der Waals surface area (Å²) in [5, 5.41) is 3.37. The molecule has 0 aliphatic heterocycles. The Morgan fingerprint density at radius 1 is 1.24 bits per heavy atom. The zero-order chi connectivity index (χ0) is 17.9. The molecule has 0 unspecified atom stereocenters. The number of terminal acetylenes is 1. The lowest BCUT2D eigenvalue weighted by Crippen LogP contribution is -2.24. The van der Waals surface area contributed by atoms with Gasteiger partial charge in [0.1, 0.15) is 0 Å². The Morgan fingerprint density at radius 2 is 1.96 bits per heavy atom. The minimum atomic E-state index is -3.66. The number of carbonyl (C=O) groups is 1. The van der Waals surface area contributed by atoms with Gasteiger partial charge >= 0.3 is 0 Å². The van der Waals surface area contributed by atoms with E-state index >= 15 is 0 Å². The Balaban J connectivity index is 1.71. The number of carbonyl (C=O) groups excluding carboxylic acids is 1. The second-order valence-electron chi connectivity index (χ2n) is 5.60. The molecule has 1 heterocycles. The molecular formula is C17H17N3O3S2. The molecule has 2 aromatic rings. The molecule has 0 fully saturated rings. The van der Waals surface area contributed by atoms with E-state index in [1.807, 2.05) is 0 Å². The molecule has 0 spiro atoms. The van der Waals surface area contributed by atoms with Crippen molar-refractivity contribution in [1.82, 2.24) is 9.71 Å². The summed E-state index contributed by atoms with van der Waals surface area (Å²) in [6.45, 7) is -0.0840. The molecule has 1 amide bonds. The normalized spacial score (nSPS) is 13.7. The van der Waals surface area contributed by atoms with E-state index in [0.717, 1.165) is 31.4 Å². The van der Waals surface area contributed by atoms with Crippen LogP contribution in [0.5, 0.6) is 0 Å². The second kappa shape index (κ2) is 7.35. The van der Waals surface area contributed by atoms with E-state index in [1.165, 1.54) is 40.5 Å². The molecule has 1 aliphatic carbocycles. The van der Waals surface area contributed by atoms with Crippen LogP contribution in [-0.2, 0) is 22.9 Å². The molecule has 0 saturated heterocycles. The van der Waals surface area contributed by atoms with Crippen LogP contribution in [0.1, 0.15) is 33.8 Å². The van der Waals surface area contributed by atoms with E-state index in [2.05, 4.69) is 20.9 Å². The molecule has 6 nitrogen and oxygen atoms in total. The van der Waals surface area contributed by atoms with E-state index in [1.54, 1.807) is 0 Å². The van der Waals surface area contributed by atoms with Crippen molar-refractivity contribution in [3.05, 3.63) is 40.4 Å². The second-order valence-corrected chi connectivity index (χ2v) is 8.45. The van der Waals surface area contributed by atoms with Crippen LogP contribution in [0.3, 0.4) is 0 Å². The molecule has 3 rings (SSSR count). The van der Waals surface area contributed by atoms with E-state index in [0.29, 0.717) is 10.7 Å². The van der Waals surface area contributed by atoms with Gasteiger partial charge in [0.15, 0.2) is 5.13 Å². The first-order valence-corrected chi connectivity index (χ1v) is 10.1. The summed E-state index contributed by atoms with van der Waals surface area (Å²) in [5.74, 6) is 1.90. The fourth-order valence-electron chi connectivity index (χ4n) is 2.58. The summed E-state index contributed by atoms with van der Waals surface area (Å²) in [6, 6.07) is 5.68. The van der Waals surface area contributed by atoms with Crippen molar-refractivity contribution in [2.45, 2.75) is 30.6 Å². The number of aryl methyl sites for hydroxylation is 2. The highest BCUT2D eigenvalue weighted by atomic mass is 32.2. The topological polar surface area (TPSA) is 88.2 Å². The van der Waals surface area contributed by atoms with Crippen LogP contribution in [0, 0.1) is 12.3 Å². The zero-order valence-corrected chi connectivity index (χ0v) is 15.0. The first-order chi connectivity index (χ1) is 12.0. The van der Waals surface area contributed by atoms with Crippen molar-refractivity contribution in [2.75, 3.05) is 11.9 Å². The predicted octanol–water partition coefficient (Wildman–Crippen LogP) is 2.19. The summed E-state index contributed by atoms with van der Waals surface area (Å²) in [7, 11) is -3.66. The Labute approximate surface area is 150 Å². The van der Waals surface area contributed by atoms with Gasteiger partial charge in [-0.25, -0.2) is 13.4 Å². The van der Waals surface area contributed by atoms with Crippen LogP contribution >= 0.6 is 11.3 Å². The van der Waals surface area contributed by atoms with Gasteiger partial charge in [0.25, 0.3) is 5.91 Å². The van der Waals surface area contributed by atoms with Crippen LogP contribution in [0.4, 0.5) is 5.13 Å². The number of nitrogens with one attached hydrogen (secondary N) is 2. The molecule has 25 heavy (non-hydrogen) atoms. The van der Waals surface area contributed by atoms with Crippen LogP contribution < -0.4 is 10.0 Å². The summed E-state index contributed by atoms with van der Waals surface area (Å²) in [5.41, 5.74) is 1.44. The Kier molecular flexibility index (Phi) is 5.18. The van der Waals surface area contributed by atoms with Gasteiger partial charge in [0.2, 0.25) is 10.0 Å². The third-order valence-electron chi connectivity index (χ3n) is 3.86. The first-order valence-electron chi connectivity index (χ1n) is 7.83. The fourth-order valence-corrected chi connectivity index (χ4v) is 4.56. The van der Waals surface area contributed by atoms with Crippen LogP contribution in [0.15, 0.2) is 29.2 Å². The SMILES string of the molecule is C#CCNS(=O)(=O)c1ccc(C(=O)Nc2nc3c(s2)CCCC3)cc1. The van der Waals surface area contributed by atoms with Gasteiger partial charge in [-0.1, -0.05) is 5.92 Å². The number of benzene rings is 1. The largest absolute Gasteiger partial charge is 0.298 e. The van der Waals surface area contributed by atoms with Gasteiger partial charge in [0.05, 0.1) is 17.1 Å². The number of anilines is 1. The standard InChI is InChI=1S/C17H17N3O3S2/c1-2-11-18-25(22,23)13-9-7-12(8-10-13)16(21)20-17-19-14-5-3-4-6-15(14)24-17/h1,7-10,18H,3-6,11H2,(H,19,20,21). The Hall–Kier alpha value is -2.21. The molecule has 0 saturated carbocycles. The van der Waals surface area contributed by atoms with E-state index in [4.69, 9.17) is 6.42 Å². The number of aromatic nitrogens is 1. The van der Waals surface area contributed by atoms with E-state index in [9.17, 15) is 13.2 Å². The molecule has 1 aliphatic rings. The van der Waals surface area contributed by atoms with Gasteiger partial charge in [-0.2, -0.15) is 4.72 Å². The summed E-state index contributed by atoms with van der Waals surface area (Å²) >= 11 is 1.51. The van der Waals surface area contributed by atoms with Crippen molar-refractivity contribution in [3.8, 4) is 12.3 Å². The first kappa shape index (κ1) is 17.6. The van der Waals surface area contributed by atoms with Crippen LogP contribution in [0.25, 0.3) is 0 Å². The van der Waals surface area contributed by atoms with Gasteiger partial charge in [0, 0.05) is 10.4 Å². The number of nitrogens with zero attached hydrogens (tertiary/aromatic N) is 1. The smallest absolute Gasteiger partial charge is 0.257 e. The van der Waals surface area contributed by atoms with Crippen molar-refractivity contribution in [2.24, 2.45) is 0 Å². The molecule has 8 heteroatoms. The molecule has 2 N–H and O–H groups in total. The summed E-state index contributed by atoms with van der Waals surface area (Å²) in [6.07, 6.45) is 9.32. The molecule has 130 valence electrons. The third-order valence-corrected chi connectivity index (χ3v) is 6.35. The van der Waals surface area contributed by atoms with E-state index in [-0.39, 0.29) is 17.3 Å². The third kappa shape index (κ3) is 4.07. The van der Waals surface area contributed by atoms with Gasteiger partial charge < -0.3 is 0 Å². The highest BCUT2D eigenvalue weighted by Crippen LogP contribution is 2.29. The lowest BCUT2D eigenvalue weighted by Gasteiger charge is -2.06. The number of hydrogen-bond acceptors (Lipinski definition) is 5. The highest BCUT2D eigenvalue weighted by Gasteiger charge is 2.18. The predicted molar refractivity (Wildman–Crippen MR) is 97.2 cm³/mol. The van der Waals surface area contributed by atoms with Gasteiger partial charge in [-0.3, -0.25) is 10.1 Å². The maximum absolute atomic E-state index is 12.3. The molecule has 1 aromatic heterocycles. The zero-order valence-electron chi connectivity index (χ0n) is 13.4. The fraction of sp³-hybridized carbons (Fsp3) is 0.294. The van der Waals surface area contributed by atoms with Gasteiger partial charge in [-0.15, -0.1) is 17.8 Å². The highest BCUT2D eigenvalue weighted by molar-refractivity contribution is 7.89. The van der Waals surface area contributed by atoms with Crippen molar-refractivity contribution in [1.29, 1.82) is 0 Å². The number of rotatable bonds is 5. The molecule has 1 aromatic carbocycles. The number of fused-ring (bicyclic) bond motifs is 1. The minimum Gasteiger partial charge on any atom is -0.298 e. The summed E-state index contributed by atoms with van der Waals surface area (Å²) in [4.78, 5) is 18.1. The summed E-state index contributed by atoms with van der Waals surface area (Å²) < 4.78 is 26.2. The molecule has 0 atom stereocenters. The lowest BCUT2D eigenvalue weighted by molar-refractivity contribution is 0.102. The van der Waals surface area contributed by atoms with Crippen LogP contribution in [-0.4, -0.2) is 25.9 Å². The number of thiazole rings is 1. The number of amides is 1. The quantitative estimate of drug-likeness (QED) is 0.784. The monoisotopic (exact) mass is 375 g/mol. The van der Waals surface area contributed by atoms with Crippen molar-refractivity contribution in [3.63, 3.8) is 0 Å². The minimum absolute atomic E-state index is 0.0593. The average Bonchev–Trinajstić information content (AvgIpc) is 3.02. The van der Waals surface area contributed by atoms with Crippen LogP contribution in [0.2, 0.25) is 0 Å². The maximum atomic E-state index is 12.3. The molecule has 0 bridgehead atoms. The Morgan fingerprint density at radius 3 is 2.64 bits per heavy atom. The number of sulfonamides is 1. The number of hydrogen-bond donors (Lipinski definition) is 2. The van der Waals surface area contributed by atoms with Crippen molar-refractivity contribution >= 4 is 32.4 Å². The average molecular weight is 375 g/mol. The Bertz CT molecular complexity index is 902. The maximum Gasteiger partial charge on any atom is 0.257 e.